The SMILES string of the molecule is CCC(C)n1c(=O)ccn(CCCCCCOC(=O)C(C)C)c1=O. The van der Waals surface area contributed by atoms with E-state index in [-0.39, 0.29) is 29.2 Å². The second-order valence-electron chi connectivity index (χ2n) is 6.49. The van der Waals surface area contributed by atoms with Crippen LogP contribution in [0.5, 0.6) is 0 Å². The number of aryl methyl sites for hydroxylation is 1. The highest BCUT2D eigenvalue weighted by Crippen LogP contribution is 2.05. The van der Waals surface area contributed by atoms with E-state index in [1.54, 1.807) is 10.8 Å². The fraction of sp³-hybridized carbons (Fsp3) is 0.722. The Morgan fingerprint density at radius 3 is 2.42 bits per heavy atom. The Morgan fingerprint density at radius 1 is 1.12 bits per heavy atom. The van der Waals surface area contributed by atoms with Gasteiger partial charge in [-0.15, -0.1) is 0 Å². The van der Waals surface area contributed by atoms with Crippen molar-refractivity contribution >= 4 is 5.97 Å². The van der Waals surface area contributed by atoms with Gasteiger partial charge in [0.25, 0.3) is 5.56 Å². The van der Waals surface area contributed by atoms with Crippen LogP contribution >= 0.6 is 0 Å². The summed E-state index contributed by atoms with van der Waals surface area (Å²) < 4.78 is 8.05. The lowest BCUT2D eigenvalue weighted by Gasteiger charge is -2.14. The van der Waals surface area contributed by atoms with Crippen LogP contribution < -0.4 is 11.2 Å². The molecule has 6 nitrogen and oxygen atoms in total. The third-order valence-corrected chi connectivity index (χ3v) is 4.13. The fourth-order valence-corrected chi connectivity index (χ4v) is 2.37. The molecule has 1 rings (SSSR count). The van der Waals surface area contributed by atoms with Crippen LogP contribution in [0.4, 0.5) is 0 Å². The molecule has 1 heterocycles. The van der Waals surface area contributed by atoms with Gasteiger partial charge in [-0.2, -0.15) is 0 Å². The third-order valence-electron chi connectivity index (χ3n) is 4.13. The number of hydrogen-bond acceptors (Lipinski definition) is 4. The average molecular weight is 338 g/mol. The molecule has 0 aliphatic rings. The van der Waals surface area contributed by atoms with Gasteiger partial charge in [0, 0.05) is 24.8 Å². The molecule has 0 spiro atoms. The first kappa shape index (κ1) is 20.2. The predicted molar refractivity (Wildman–Crippen MR) is 94.2 cm³/mol. The zero-order valence-corrected chi connectivity index (χ0v) is 15.3. The van der Waals surface area contributed by atoms with Gasteiger partial charge in [0.2, 0.25) is 0 Å². The van der Waals surface area contributed by atoms with E-state index in [0.717, 1.165) is 32.1 Å². The van der Waals surface area contributed by atoms with E-state index in [4.69, 9.17) is 4.74 Å². The summed E-state index contributed by atoms with van der Waals surface area (Å²) in [6.45, 7) is 8.53. The van der Waals surface area contributed by atoms with Crippen molar-refractivity contribution in [2.75, 3.05) is 6.61 Å². The summed E-state index contributed by atoms with van der Waals surface area (Å²) in [5.74, 6) is -0.244. The maximum atomic E-state index is 12.4. The Labute approximate surface area is 143 Å². The predicted octanol–water partition coefficient (Wildman–Crippen LogP) is 2.74. The van der Waals surface area contributed by atoms with Gasteiger partial charge in [0.15, 0.2) is 0 Å². The first-order chi connectivity index (χ1) is 11.4. The molecule has 24 heavy (non-hydrogen) atoms. The number of hydrogen-bond donors (Lipinski definition) is 0. The topological polar surface area (TPSA) is 70.3 Å². The monoisotopic (exact) mass is 338 g/mol. The molecule has 0 amide bonds. The molecule has 6 heteroatoms. The van der Waals surface area contributed by atoms with Crippen molar-refractivity contribution in [3.8, 4) is 0 Å². The third kappa shape index (κ3) is 5.98. The van der Waals surface area contributed by atoms with Gasteiger partial charge >= 0.3 is 11.7 Å². The summed E-state index contributed by atoms with van der Waals surface area (Å²) in [5, 5.41) is 0. The zero-order chi connectivity index (χ0) is 18.1. The molecule has 1 aromatic heterocycles. The molecule has 0 radical (unpaired) electrons. The Morgan fingerprint density at radius 2 is 1.79 bits per heavy atom. The lowest BCUT2D eigenvalue weighted by molar-refractivity contribution is -0.147. The molecule has 0 fully saturated rings. The molecule has 0 aromatic carbocycles. The van der Waals surface area contributed by atoms with Crippen molar-refractivity contribution in [1.82, 2.24) is 9.13 Å². The van der Waals surface area contributed by atoms with E-state index < -0.39 is 0 Å². The highest BCUT2D eigenvalue weighted by molar-refractivity contribution is 5.71. The van der Waals surface area contributed by atoms with Crippen LogP contribution in [-0.2, 0) is 16.1 Å². The number of rotatable bonds is 10. The Balaban J connectivity index is 2.40. The van der Waals surface area contributed by atoms with E-state index in [9.17, 15) is 14.4 Å². The molecule has 0 aliphatic heterocycles. The molecule has 0 bridgehead atoms. The lowest BCUT2D eigenvalue weighted by atomic mass is 10.2. The fourth-order valence-electron chi connectivity index (χ4n) is 2.37. The highest BCUT2D eigenvalue weighted by atomic mass is 16.5. The molecule has 0 aliphatic carbocycles. The molecular formula is C18H30N2O4. The second kappa shape index (κ2) is 10.1. The van der Waals surface area contributed by atoms with Gasteiger partial charge in [-0.25, -0.2) is 4.79 Å². The van der Waals surface area contributed by atoms with Gasteiger partial charge in [-0.05, 0) is 32.6 Å². The standard InChI is InChI=1S/C18H30N2O4/c1-5-15(4)20-16(21)10-12-19(18(20)23)11-8-6-7-9-13-24-17(22)14(2)3/h10,12,14-15H,5-9,11,13H2,1-4H3. The first-order valence-corrected chi connectivity index (χ1v) is 8.87. The van der Waals surface area contributed by atoms with E-state index in [2.05, 4.69) is 0 Å². The lowest BCUT2D eigenvalue weighted by Crippen LogP contribution is -2.40. The summed E-state index contributed by atoms with van der Waals surface area (Å²) in [6.07, 6.45) is 5.91. The minimum Gasteiger partial charge on any atom is -0.465 e. The summed E-state index contributed by atoms with van der Waals surface area (Å²) in [7, 11) is 0. The highest BCUT2D eigenvalue weighted by Gasteiger charge is 2.10. The molecule has 1 unspecified atom stereocenters. The minimum absolute atomic E-state index is 0.0851. The van der Waals surface area contributed by atoms with Crippen LogP contribution in [0.2, 0.25) is 0 Å². The summed E-state index contributed by atoms with van der Waals surface area (Å²) in [4.78, 5) is 35.5. The van der Waals surface area contributed by atoms with E-state index in [1.165, 1.54) is 10.6 Å². The van der Waals surface area contributed by atoms with Crippen LogP contribution in [0, 0.1) is 5.92 Å². The number of carbonyl (C=O) groups excluding carboxylic acids is 1. The van der Waals surface area contributed by atoms with Crippen molar-refractivity contribution in [2.45, 2.75) is 72.4 Å². The molecule has 136 valence electrons. The smallest absolute Gasteiger partial charge is 0.331 e. The molecular weight excluding hydrogens is 308 g/mol. The van der Waals surface area contributed by atoms with Gasteiger partial charge < -0.3 is 9.30 Å². The van der Waals surface area contributed by atoms with E-state index in [1.807, 2.05) is 27.7 Å². The average Bonchev–Trinajstić information content (AvgIpc) is 2.55. The molecule has 1 aromatic rings. The number of esters is 1. The maximum Gasteiger partial charge on any atom is 0.331 e. The van der Waals surface area contributed by atoms with E-state index in [0.29, 0.717) is 13.2 Å². The minimum atomic E-state index is -0.238. The Hall–Kier alpha value is -1.85. The normalized spacial score (nSPS) is 12.4. The Bertz CT molecular complexity index is 631. The largest absolute Gasteiger partial charge is 0.465 e. The number of aromatic nitrogens is 2. The van der Waals surface area contributed by atoms with Crippen LogP contribution in [-0.4, -0.2) is 21.7 Å². The van der Waals surface area contributed by atoms with Gasteiger partial charge in [0.1, 0.15) is 0 Å². The first-order valence-electron chi connectivity index (χ1n) is 8.87. The number of nitrogens with zero attached hydrogens (tertiary/aromatic N) is 2. The molecule has 0 N–H and O–H groups in total. The molecule has 0 saturated carbocycles. The quantitative estimate of drug-likeness (QED) is 0.486. The van der Waals surface area contributed by atoms with Crippen LogP contribution in [0.25, 0.3) is 0 Å². The molecule has 0 saturated heterocycles. The Kier molecular flexibility index (Phi) is 8.50. The van der Waals surface area contributed by atoms with Crippen molar-refractivity contribution < 1.29 is 9.53 Å². The van der Waals surface area contributed by atoms with Crippen molar-refractivity contribution in [1.29, 1.82) is 0 Å². The zero-order valence-electron chi connectivity index (χ0n) is 15.3. The summed E-state index contributed by atoms with van der Waals surface area (Å²) >= 11 is 0. The van der Waals surface area contributed by atoms with Crippen molar-refractivity contribution in [3.05, 3.63) is 33.1 Å². The van der Waals surface area contributed by atoms with Gasteiger partial charge in [0.05, 0.1) is 12.5 Å². The van der Waals surface area contributed by atoms with Crippen LogP contribution in [0.3, 0.4) is 0 Å². The number of ether oxygens (including phenoxy) is 1. The number of carbonyl (C=O) groups is 1. The number of unbranched alkanes of at least 4 members (excludes halogenated alkanes) is 3. The summed E-state index contributed by atoms with van der Waals surface area (Å²) in [5.41, 5.74) is -0.472. The van der Waals surface area contributed by atoms with E-state index >= 15 is 0 Å². The maximum absolute atomic E-state index is 12.4. The second-order valence-corrected chi connectivity index (χ2v) is 6.49. The van der Waals surface area contributed by atoms with Crippen LogP contribution in [0.1, 0.15) is 65.8 Å². The van der Waals surface area contributed by atoms with Gasteiger partial charge in [-0.1, -0.05) is 27.2 Å². The van der Waals surface area contributed by atoms with Crippen molar-refractivity contribution in [2.24, 2.45) is 5.92 Å². The van der Waals surface area contributed by atoms with Gasteiger partial charge in [-0.3, -0.25) is 14.2 Å². The summed E-state index contributed by atoms with van der Waals surface area (Å²) in [6, 6.07) is 1.37. The molecule has 1 atom stereocenters. The van der Waals surface area contributed by atoms with Crippen molar-refractivity contribution in [3.63, 3.8) is 0 Å². The van der Waals surface area contributed by atoms with Crippen LogP contribution in [0.15, 0.2) is 21.9 Å².